The molecule has 0 unspecified atom stereocenters. The summed E-state index contributed by atoms with van der Waals surface area (Å²) in [5.74, 6) is 0. The monoisotopic (exact) mass is 224 g/mol. The van der Waals surface area contributed by atoms with Gasteiger partial charge in [-0.25, -0.2) is 9.18 Å². The fourth-order valence-electron chi connectivity index (χ4n) is 1.86. The first-order valence-electron chi connectivity index (χ1n) is 5.06. The molecule has 0 aromatic heterocycles. The molecule has 3 N–H and O–H groups in total. The summed E-state index contributed by atoms with van der Waals surface area (Å²) >= 11 is 0. The fraction of sp³-hybridized carbons (Fsp3) is 0.364. The van der Waals surface area contributed by atoms with Crippen molar-refractivity contribution >= 4 is 11.8 Å². The van der Waals surface area contributed by atoms with Crippen molar-refractivity contribution in [1.82, 2.24) is 4.90 Å². The van der Waals surface area contributed by atoms with E-state index in [9.17, 15) is 9.18 Å². The molecule has 0 bridgehead atoms. The number of anilines is 1. The average Bonchev–Trinajstić information content (AvgIpc) is 2.24. The van der Waals surface area contributed by atoms with E-state index in [1.165, 1.54) is 0 Å². The highest BCUT2D eigenvalue weighted by atomic mass is 19.1. The van der Waals surface area contributed by atoms with E-state index in [2.05, 4.69) is 0 Å². The Kier molecular flexibility index (Phi) is 2.68. The second-order valence-corrected chi connectivity index (χ2v) is 3.96. The minimum atomic E-state index is -1.06. The van der Waals surface area contributed by atoms with Gasteiger partial charge in [0.15, 0.2) is 0 Å². The predicted octanol–water partition coefficient (Wildman–Crippen LogP) is 1.51. The van der Waals surface area contributed by atoms with Crippen molar-refractivity contribution in [2.45, 2.75) is 18.6 Å². The summed E-state index contributed by atoms with van der Waals surface area (Å²) in [5.41, 5.74) is 7.07. The van der Waals surface area contributed by atoms with Crippen molar-refractivity contribution in [2.75, 3.05) is 12.3 Å². The highest BCUT2D eigenvalue weighted by Crippen LogP contribution is 2.25. The van der Waals surface area contributed by atoms with Crippen molar-refractivity contribution in [3.63, 3.8) is 0 Å². The quantitative estimate of drug-likeness (QED) is 0.748. The molecule has 0 saturated carbocycles. The van der Waals surface area contributed by atoms with Crippen LogP contribution in [0.2, 0.25) is 0 Å². The third-order valence-corrected chi connectivity index (χ3v) is 2.86. The number of amides is 1. The molecule has 0 spiro atoms. The van der Waals surface area contributed by atoms with Crippen LogP contribution in [0.5, 0.6) is 0 Å². The molecule has 1 amide bonds. The number of rotatable bonds is 2. The first-order chi connectivity index (χ1) is 7.58. The van der Waals surface area contributed by atoms with Crippen LogP contribution in [0.1, 0.15) is 5.56 Å². The van der Waals surface area contributed by atoms with Gasteiger partial charge in [0.2, 0.25) is 0 Å². The molecule has 1 aliphatic heterocycles. The van der Waals surface area contributed by atoms with Gasteiger partial charge in [0.25, 0.3) is 0 Å². The predicted molar refractivity (Wildman–Crippen MR) is 58.0 cm³/mol. The van der Waals surface area contributed by atoms with Crippen molar-refractivity contribution in [1.29, 1.82) is 0 Å². The van der Waals surface area contributed by atoms with Gasteiger partial charge in [-0.3, -0.25) is 4.90 Å². The summed E-state index contributed by atoms with van der Waals surface area (Å²) in [7, 11) is 0. The van der Waals surface area contributed by atoms with Gasteiger partial charge >= 0.3 is 6.09 Å². The molecule has 16 heavy (non-hydrogen) atoms. The molecule has 86 valence electrons. The minimum absolute atomic E-state index is 0.0189. The zero-order valence-electron chi connectivity index (χ0n) is 8.64. The standard InChI is InChI=1S/C11H13FN2O2/c12-9-6-14(11(15)16)10(9)5-7-1-3-8(13)4-2-7/h1-4,9-10H,5-6,13H2,(H,15,16)/t9-,10-/m1/s1. The number of alkyl halides is 1. The molecule has 1 heterocycles. The van der Waals surface area contributed by atoms with E-state index in [0.29, 0.717) is 12.1 Å². The van der Waals surface area contributed by atoms with Crippen LogP contribution in [0.15, 0.2) is 24.3 Å². The molecule has 4 nitrogen and oxygen atoms in total. The Morgan fingerprint density at radius 2 is 2.12 bits per heavy atom. The van der Waals surface area contributed by atoms with Crippen LogP contribution < -0.4 is 5.73 Å². The lowest BCUT2D eigenvalue weighted by molar-refractivity contribution is 0.00242. The summed E-state index contributed by atoms with van der Waals surface area (Å²) in [4.78, 5) is 11.8. The number of carbonyl (C=O) groups is 1. The van der Waals surface area contributed by atoms with E-state index in [1.54, 1.807) is 24.3 Å². The Morgan fingerprint density at radius 1 is 1.50 bits per heavy atom. The smallest absolute Gasteiger partial charge is 0.407 e. The summed E-state index contributed by atoms with van der Waals surface area (Å²) in [6.45, 7) is -0.0189. The van der Waals surface area contributed by atoms with E-state index < -0.39 is 18.3 Å². The maximum Gasteiger partial charge on any atom is 0.407 e. The Bertz CT molecular complexity index is 393. The number of nitrogens with zero attached hydrogens (tertiary/aromatic N) is 1. The third-order valence-electron chi connectivity index (χ3n) is 2.86. The van der Waals surface area contributed by atoms with Crippen LogP contribution in [0, 0.1) is 0 Å². The van der Waals surface area contributed by atoms with Crippen LogP contribution in [0.3, 0.4) is 0 Å². The van der Waals surface area contributed by atoms with Crippen LogP contribution in [0.25, 0.3) is 0 Å². The van der Waals surface area contributed by atoms with Crippen LogP contribution in [0.4, 0.5) is 14.9 Å². The summed E-state index contributed by atoms with van der Waals surface area (Å²) in [5, 5.41) is 8.78. The Hall–Kier alpha value is -1.78. The first kappa shape index (κ1) is 10.7. The molecular formula is C11H13FN2O2. The Balaban J connectivity index is 2.03. The van der Waals surface area contributed by atoms with E-state index in [-0.39, 0.29) is 6.54 Å². The lowest BCUT2D eigenvalue weighted by Crippen LogP contribution is -2.60. The van der Waals surface area contributed by atoms with Crippen molar-refractivity contribution in [3.05, 3.63) is 29.8 Å². The summed E-state index contributed by atoms with van der Waals surface area (Å²) < 4.78 is 13.2. The van der Waals surface area contributed by atoms with E-state index >= 15 is 0 Å². The second kappa shape index (κ2) is 4.00. The fourth-order valence-corrected chi connectivity index (χ4v) is 1.86. The van der Waals surface area contributed by atoms with Crippen molar-refractivity contribution in [2.24, 2.45) is 0 Å². The molecule has 2 atom stereocenters. The van der Waals surface area contributed by atoms with Gasteiger partial charge in [0.05, 0.1) is 12.6 Å². The zero-order chi connectivity index (χ0) is 11.7. The number of nitrogen functional groups attached to an aromatic ring is 1. The minimum Gasteiger partial charge on any atom is -0.465 e. The van der Waals surface area contributed by atoms with Gasteiger partial charge in [-0.15, -0.1) is 0 Å². The number of benzene rings is 1. The number of nitrogens with two attached hydrogens (primary N) is 1. The van der Waals surface area contributed by atoms with E-state index in [1.807, 2.05) is 0 Å². The number of carboxylic acid groups (broad SMARTS) is 1. The molecule has 5 heteroatoms. The van der Waals surface area contributed by atoms with E-state index in [4.69, 9.17) is 10.8 Å². The maximum atomic E-state index is 13.2. The lowest BCUT2D eigenvalue weighted by Gasteiger charge is -2.42. The number of hydrogen-bond acceptors (Lipinski definition) is 2. The topological polar surface area (TPSA) is 66.6 Å². The molecule has 1 aromatic rings. The molecular weight excluding hydrogens is 211 g/mol. The van der Waals surface area contributed by atoms with Crippen molar-refractivity contribution in [3.8, 4) is 0 Å². The van der Waals surface area contributed by atoms with Gasteiger partial charge in [0, 0.05) is 5.69 Å². The number of halogens is 1. The molecule has 2 rings (SSSR count). The molecule has 1 saturated heterocycles. The Labute approximate surface area is 92.5 Å². The van der Waals surface area contributed by atoms with Gasteiger partial charge in [-0.1, -0.05) is 12.1 Å². The third kappa shape index (κ3) is 1.93. The number of likely N-dealkylation sites (tertiary alicyclic amines) is 1. The summed E-state index contributed by atoms with van der Waals surface area (Å²) in [6, 6.07) is 6.49. The Morgan fingerprint density at radius 3 is 2.62 bits per heavy atom. The highest BCUT2D eigenvalue weighted by Gasteiger charge is 2.42. The van der Waals surface area contributed by atoms with Gasteiger partial charge in [-0.05, 0) is 24.1 Å². The highest BCUT2D eigenvalue weighted by molar-refractivity contribution is 5.67. The number of hydrogen-bond donors (Lipinski definition) is 2. The molecule has 1 aromatic carbocycles. The van der Waals surface area contributed by atoms with Gasteiger partial charge in [-0.2, -0.15) is 0 Å². The zero-order valence-corrected chi connectivity index (χ0v) is 8.64. The summed E-state index contributed by atoms with van der Waals surface area (Å²) in [6.07, 6.45) is -1.73. The molecule has 1 aliphatic rings. The normalized spacial score (nSPS) is 23.9. The van der Waals surface area contributed by atoms with Crippen LogP contribution >= 0.6 is 0 Å². The molecule has 0 aliphatic carbocycles. The SMILES string of the molecule is Nc1ccc(C[C@@H]2[C@H](F)CN2C(=O)O)cc1. The lowest BCUT2D eigenvalue weighted by atomic mass is 9.94. The average molecular weight is 224 g/mol. The second-order valence-electron chi connectivity index (χ2n) is 3.96. The van der Waals surface area contributed by atoms with E-state index in [0.717, 1.165) is 10.5 Å². The first-order valence-corrected chi connectivity index (χ1v) is 5.06. The maximum absolute atomic E-state index is 13.2. The van der Waals surface area contributed by atoms with Crippen molar-refractivity contribution < 1.29 is 14.3 Å². The molecule has 0 radical (unpaired) electrons. The van der Waals surface area contributed by atoms with Crippen LogP contribution in [-0.2, 0) is 6.42 Å². The van der Waals surface area contributed by atoms with Crippen LogP contribution in [-0.4, -0.2) is 34.9 Å². The molecule has 1 fully saturated rings. The van der Waals surface area contributed by atoms with Gasteiger partial charge < -0.3 is 10.8 Å². The largest absolute Gasteiger partial charge is 0.465 e. The van der Waals surface area contributed by atoms with Gasteiger partial charge in [0.1, 0.15) is 6.17 Å².